The molecule has 116 valence electrons. The van der Waals surface area contributed by atoms with Crippen LogP contribution in [0.5, 0.6) is 0 Å². The number of aromatic nitrogens is 2. The molecule has 1 fully saturated rings. The fraction of sp³-hybridized carbons (Fsp3) is 0.615. The zero-order valence-electron chi connectivity index (χ0n) is 12.0. The highest BCUT2D eigenvalue weighted by molar-refractivity contribution is 5.86. The lowest BCUT2D eigenvalue weighted by molar-refractivity contribution is -0.148. The van der Waals surface area contributed by atoms with Gasteiger partial charge in [-0.3, -0.25) is 0 Å². The quantitative estimate of drug-likeness (QED) is 0.703. The normalized spacial score (nSPS) is 17.2. The zero-order valence-corrected chi connectivity index (χ0v) is 12.0. The smallest absolute Gasteiger partial charge is 0.329 e. The van der Waals surface area contributed by atoms with Crippen LogP contribution >= 0.6 is 0 Å². The Morgan fingerprint density at radius 3 is 2.76 bits per heavy atom. The minimum atomic E-state index is -1.23. The van der Waals surface area contributed by atoms with Gasteiger partial charge in [0.25, 0.3) is 0 Å². The number of hydrogen-bond donors (Lipinski definition) is 3. The molecule has 1 saturated heterocycles. The average Bonchev–Trinajstić information content (AvgIpc) is 2.85. The molecule has 0 spiro atoms. The minimum Gasteiger partial charge on any atom is -0.480 e. The van der Waals surface area contributed by atoms with Crippen molar-refractivity contribution in [2.75, 3.05) is 19.8 Å². The molecule has 1 aliphatic heterocycles. The molecule has 1 aliphatic rings. The lowest BCUT2D eigenvalue weighted by Gasteiger charge is -2.33. The Morgan fingerprint density at radius 1 is 1.48 bits per heavy atom. The van der Waals surface area contributed by atoms with Crippen molar-refractivity contribution in [3.05, 3.63) is 18.2 Å². The summed E-state index contributed by atoms with van der Waals surface area (Å²) in [6.07, 6.45) is 4.65. The summed E-state index contributed by atoms with van der Waals surface area (Å²) in [4.78, 5) is 27.4. The largest absolute Gasteiger partial charge is 0.480 e. The van der Waals surface area contributed by atoms with Gasteiger partial charge < -0.3 is 25.0 Å². The molecule has 21 heavy (non-hydrogen) atoms. The van der Waals surface area contributed by atoms with Crippen LogP contribution in [0, 0.1) is 0 Å². The summed E-state index contributed by atoms with van der Waals surface area (Å²) in [5, 5.41) is 14.6. The van der Waals surface area contributed by atoms with Crippen LogP contribution in [0.15, 0.2) is 12.4 Å². The van der Waals surface area contributed by atoms with E-state index in [4.69, 9.17) is 4.74 Å². The molecule has 2 rings (SSSR count). The standard InChI is InChI=1S/C13H20N4O4/c1-17-7-6-14-10(17)2-5-15-12(20)16-13(11(18)19)3-8-21-9-4-13/h6-7H,2-5,8-9H2,1H3,(H,18,19)(H2,15,16,20). The van der Waals surface area contributed by atoms with Gasteiger partial charge in [0.2, 0.25) is 0 Å². The van der Waals surface area contributed by atoms with Crippen molar-refractivity contribution in [2.45, 2.75) is 24.8 Å². The van der Waals surface area contributed by atoms with Gasteiger partial charge in [-0.25, -0.2) is 14.6 Å². The third-order valence-electron chi connectivity index (χ3n) is 3.66. The van der Waals surface area contributed by atoms with Crippen molar-refractivity contribution in [3.63, 3.8) is 0 Å². The van der Waals surface area contributed by atoms with E-state index in [1.54, 1.807) is 6.20 Å². The number of carboxylic acid groups (broad SMARTS) is 1. The van der Waals surface area contributed by atoms with E-state index in [1.165, 1.54) is 0 Å². The maximum atomic E-state index is 11.9. The number of amides is 2. The SMILES string of the molecule is Cn1ccnc1CCNC(=O)NC1(C(=O)O)CCOCC1. The monoisotopic (exact) mass is 296 g/mol. The van der Waals surface area contributed by atoms with E-state index in [0.717, 1.165) is 5.82 Å². The topological polar surface area (TPSA) is 105 Å². The van der Waals surface area contributed by atoms with Crippen molar-refractivity contribution in [1.82, 2.24) is 20.2 Å². The van der Waals surface area contributed by atoms with Gasteiger partial charge in [-0.1, -0.05) is 0 Å². The van der Waals surface area contributed by atoms with E-state index in [2.05, 4.69) is 15.6 Å². The highest BCUT2D eigenvalue weighted by atomic mass is 16.5. The number of carbonyl (C=O) groups excluding carboxylic acids is 1. The van der Waals surface area contributed by atoms with Crippen LogP contribution in [-0.4, -0.2) is 52.0 Å². The molecule has 1 aromatic rings. The molecule has 3 N–H and O–H groups in total. The van der Waals surface area contributed by atoms with E-state index < -0.39 is 17.5 Å². The molecule has 8 nitrogen and oxygen atoms in total. The van der Waals surface area contributed by atoms with Crippen molar-refractivity contribution >= 4 is 12.0 Å². The summed E-state index contributed by atoms with van der Waals surface area (Å²) in [6, 6.07) is -0.478. The zero-order chi connectivity index (χ0) is 15.3. The molecule has 0 bridgehead atoms. The summed E-state index contributed by atoms with van der Waals surface area (Å²) >= 11 is 0. The molecule has 1 aromatic heterocycles. The summed E-state index contributed by atoms with van der Waals surface area (Å²) in [5.74, 6) is -0.167. The molecule has 0 unspecified atom stereocenters. The molecule has 2 heterocycles. The third-order valence-corrected chi connectivity index (χ3v) is 3.66. The first-order chi connectivity index (χ1) is 10.0. The molecule has 8 heteroatoms. The Kier molecular flexibility index (Phi) is 4.79. The molecular weight excluding hydrogens is 276 g/mol. The lowest BCUT2D eigenvalue weighted by atomic mass is 9.90. The minimum absolute atomic E-state index is 0.273. The first-order valence-corrected chi connectivity index (χ1v) is 6.87. The number of aryl methyl sites for hydroxylation is 1. The molecule has 0 aromatic carbocycles. The molecule has 2 amide bonds. The molecule has 0 radical (unpaired) electrons. The van der Waals surface area contributed by atoms with Crippen molar-refractivity contribution in [2.24, 2.45) is 7.05 Å². The second-order valence-corrected chi connectivity index (χ2v) is 5.08. The molecule has 0 saturated carbocycles. The van der Waals surface area contributed by atoms with E-state index in [-0.39, 0.29) is 12.8 Å². The number of hydrogen-bond acceptors (Lipinski definition) is 4. The van der Waals surface area contributed by atoms with Crippen LogP contribution in [-0.2, 0) is 23.0 Å². The molecule has 0 atom stereocenters. The van der Waals surface area contributed by atoms with Crippen LogP contribution in [0.3, 0.4) is 0 Å². The van der Waals surface area contributed by atoms with Gasteiger partial charge in [-0.2, -0.15) is 0 Å². The Labute approximate surface area is 122 Å². The van der Waals surface area contributed by atoms with Crippen molar-refractivity contribution in [3.8, 4) is 0 Å². The van der Waals surface area contributed by atoms with Gasteiger partial charge in [0.05, 0.1) is 0 Å². The number of imidazole rings is 1. The van der Waals surface area contributed by atoms with Crippen LogP contribution in [0.2, 0.25) is 0 Å². The summed E-state index contributed by atoms with van der Waals surface area (Å²) < 4.78 is 7.03. The van der Waals surface area contributed by atoms with Gasteiger partial charge in [0.15, 0.2) is 0 Å². The van der Waals surface area contributed by atoms with Gasteiger partial charge in [0, 0.05) is 58.5 Å². The van der Waals surface area contributed by atoms with Crippen LogP contribution in [0.1, 0.15) is 18.7 Å². The van der Waals surface area contributed by atoms with Crippen LogP contribution in [0.4, 0.5) is 4.79 Å². The Morgan fingerprint density at radius 2 is 2.19 bits per heavy atom. The van der Waals surface area contributed by atoms with Crippen LogP contribution < -0.4 is 10.6 Å². The van der Waals surface area contributed by atoms with Gasteiger partial charge >= 0.3 is 12.0 Å². The second kappa shape index (κ2) is 6.57. The summed E-state index contributed by atoms with van der Waals surface area (Å²) in [5.41, 5.74) is -1.23. The van der Waals surface area contributed by atoms with Crippen LogP contribution in [0.25, 0.3) is 0 Å². The predicted molar refractivity (Wildman–Crippen MR) is 73.9 cm³/mol. The fourth-order valence-corrected chi connectivity index (χ4v) is 2.30. The number of ether oxygens (including phenoxy) is 1. The summed E-state index contributed by atoms with van der Waals surface area (Å²) in [7, 11) is 1.88. The first-order valence-electron chi connectivity index (χ1n) is 6.87. The maximum Gasteiger partial charge on any atom is 0.329 e. The predicted octanol–water partition coefficient (Wildman–Crippen LogP) is -0.104. The number of rotatable bonds is 5. The Balaban J connectivity index is 1.82. The Hall–Kier alpha value is -2.09. The highest BCUT2D eigenvalue weighted by Crippen LogP contribution is 2.20. The first kappa shape index (κ1) is 15.3. The van der Waals surface area contributed by atoms with E-state index in [1.807, 2.05) is 17.8 Å². The van der Waals surface area contributed by atoms with E-state index in [0.29, 0.717) is 26.2 Å². The summed E-state index contributed by atoms with van der Waals surface area (Å²) in [6.45, 7) is 1.06. The number of urea groups is 1. The fourth-order valence-electron chi connectivity index (χ4n) is 2.30. The number of carbonyl (C=O) groups is 2. The van der Waals surface area contributed by atoms with Crippen molar-refractivity contribution in [1.29, 1.82) is 0 Å². The highest BCUT2D eigenvalue weighted by Gasteiger charge is 2.41. The van der Waals surface area contributed by atoms with E-state index in [9.17, 15) is 14.7 Å². The number of nitrogens with zero attached hydrogens (tertiary/aromatic N) is 2. The molecule has 0 aliphatic carbocycles. The number of aliphatic carboxylic acids is 1. The maximum absolute atomic E-state index is 11.9. The van der Waals surface area contributed by atoms with Gasteiger partial charge in [0.1, 0.15) is 11.4 Å². The van der Waals surface area contributed by atoms with Crippen molar-refractivity contribution < 1.29 is 19.4 Å². The average molecular weight is 296 g/mol. The number of carboxylic acids is 1. The van der Waals surface area contributed by atoms with E-state index >= 15 is 0 Å². The lowest BCUT2D eigenvalue weighted by Crippen LogP contribution is -2.59. The second-order valence-electron chi connectivity index (χ2n) is 5.08. The Bertz CT molecular complexity index is 508. The van der Waals surface area contributed by atoms with Gasteiger partial charge in [-0.05, 0) is 0 Å². The number of nitrogens with one attached hydrogen (secondary N) is 2. The molecular formula is C13H20N4O4. The third kappa shape index (κ3) is 3.72. The van der Waals surface area contributed by atoms with Gasteiger partial charge in [-0.15, -0.1) is 0 Å².